The number of carbonyl (C=O) groups is 1. The van der Waals surface area contributed by atoms with Crippen LogP contribution in [0.5, 0.6) is 5.75 Å². The lowest BCUT2D eigenvalue weighted by Crippen LogP contribution is -2.38. The number of aromatic nitrogens is 2. The number of ether oxygens (including phenoxy) is 1. The first-order valence-electron chi connectivity index (χ1n) is 9.51. The van der Waals surface area contributed by atoms with E-state index >= 15 is 0 Å². The molecule has 152 valence electrons. The molecule has 28 heavy (non-hydrogen) atoms. The van der Waals surface area contributed by atoms with E-state index in [1.807, 2.05) is 6.92 Å². The fourth-order valence-electron chi connectivity index (χ4n) is 2.94. The number of rotatable bonds is 9. The number of nitrogens with zero attached hydrogens (tertiary/aromatic N) is 2. The van der Waals surface area contributed by atoms with Crippen LogP contribution in [-0.2, 0) is 11.3 Å². The summed E-state index contributed by atoms with van der Waals surface area (Å²) in [5, 5.41) is 7.16. The normalized spacial score (nSPS) is 12.1. The minimum Gasteiger partial charge on any atom is -0.496 e. The van der Waals surface area contributed by atoms with E-state index in [1.165, 1.54) is 37.4 Å². The Balaban J connectivity index is 2.09. The second kappa shape index (κ2) is 10.0. The maximum absolute atomic E-state index is 13.4. The molecule has 1 aromatic heterocycles. The quantitative estimate of drug-likeness (QED) is 0.713. The molecule has 0 bridgehead atoms. The number of carbonyl (C=O) groups excluding carboxylic acids is 1. The van der Waals surface area contributed by atoms with E-state index in [2.05, 4.69) is 24.3 Å². The van der Waals surface area contributed by atoms with E-state index in [0.717, 1.165) is 23.9 Å². The van der Waals surface area contributed by atoms with Crippen LogP contribution in [0.3, 0.4) is 0 Å². The highest BCUT2D eigenvalue weighted by molar-refractivity contribution is 5.76. The Bertz CT molecular complexity index is 864. The average molecular weight is 389 g/mol. The number of halogens is 1. The number of hydrogen-bond acceptors (Lipinski definition) is 4. The van der Waals surface area contributed by atoms with E-state index in [9.17, 15) is 14.0 Å². The molecule has 1 atom stereocenters. The molecule has 1 aromatic carbocycles. The van der Waals surface area contributed by atoms with Crippen LogP contribution in [0, 0.1) is 11.7 Å². The van der Waals surface area contributed by atoms with Gasteiger partial charge in [0.05, 0.1) is 12.8 Å². The Morgan fingerprint density at radius 3 is 2.64 bits per heavy atom. The molecule has 2 rings (SSSR count). The maximum Gasteiger partial charge on any atom is 0.267 e. The van der Waals surface area contributed by atoms with E-state index in [1.54, 1.807) is 0 Å². The Morgan fingerprint density at radius 1 is 1.21 bits per heavy atom. The van der Waals surface area contributed by atoms with Gasteiger partial charge in [-0.25, -0.2) is 9.07 Å². The third-order valence-corrected chi connectivity index (χ3v) is 4.43. The fourth-order valence-corrected chi connectivity index (χ4v) is 2.94. The van der Waals surface area contributed by atoms with Gasteiger partial charge in [0, 0.05) is 23.7 Å². The summed E-state index contributed by atoms with van der Waals surface area (Å²) in [6.45, 7) is 6.12. The molecule has 1 N–H and O–H groups in total. The van der Waals surface area contributed by atoms with Gasteiger partial charge in [-0.1, -0.05) is 26.7 Å². The predicted molar refractivity (Wildman–Crippen MR) is 107 cm³/mol. The molecule has 0 saturated carbocycles. The fraction of sp³-hybridized carbons (Fsp3) is 0.476. The van der Waals surface area contributed by atoms with Gasteiger partial charge in [0.25, 0.3) is 5.56 Å². The molecule has 0 fully saturated rings. The summed E-state index contributed by atoms with van der Waals surface area (Å²) < 4.78 is 19.7. The zero-order valence-corrected chi connectivity index (χ0v) is 16.9. The van der Waals surface area contributed by atoms with Crippen LogP contribution in [0.25, 0.3) is 11.3 Å². The Kier molecular flexibility index (Phi) is 7.72. The second-order valence-electron chi connectivity index (χ2n) is 7.35. The van der Waals surface area contributed by atoms with Gasteiger partial charge in [-0.05, 0) is 37.5 Å². The lowest BCUT2D eigenvalue weighted by molar-refractivity contribution is -0.122. The molecular weight excluding hydrogens is 361 g/mol. The SMILES string of the molecule is COc1cc(F)ccc1-c1ccc(=O)n(CC(=O)N[C@@H](C)CCCC(C)C)n1. The number of benzene rings is 1. The van der Waals surface area contributed by atoms with Crippen LogP contribution in [0.2, 0.25) is 0 Å². The Hall–Kier alpha value is -2.70. The summed E-state index contributed by atoms with van der Waals surface area (Å²) in [4.78, 5) is 24.4. The van der Waals surface area contributed by atoms with Crippen molar-refractivity contribution < 1.29 is 13.9 Å². The van der Waals surface area contributed by atoms with Crippen LogP contribution < -0.4 is 15.6 Å². The van der Waals surface area contributed by atoms with Gasteiger partial charge in [0.15, 0.2) is 0 Å². The van der Waals surface area contributed by atoms with E-state index < -0.39 is 5.82 Å². The molecule has 0 unspecified atom stereocenters. The Labute approximate surface area is 164 Å². The highest BCUT2D eigenvalue weighted by Crippen LogP contribution is 2.28. The van der Waals surface area contributed by atoms with Crippen molar-refractivity contribution in [1.29, 1.82) is 0 Å². The number of nitrogens with one attached hydrogen (secondary N) is 1. The van der Waals surface area contributed by atoms with E-state index in [4.69, 9.17) is 4.74 Å². The largest absolute Gasteiger partial charge is 0.496 e. The molecule has 0 aliphatic carbocycles. The first kappa shape index (κ1) is 21.6. The van der Waals surface area contributed by atoms with Crippen LogP contribution in [-0.4, -0.2) is 28.8 Å². The first-order valence-corrected chi connectivity index (χ1v) is 9.51. The molecule has 7 heteroatoms. The lowest BCUT2D eigenvalue weighted by Gasteiger charge is -2.15. The van der Waals surface area contributed by atoms with Crippen molar-refractivity contribution in [3.05, 3.63) is 46.5 Å². The second-order valence-corrected chi connectivity index (χ2v) is 7.35. The standard InChI is InChI=1S/C21H28FN3O3/c1-14(2)6-5-7-15(3)23-20(26)13-25-21(27)11-10-18(24-25)17-9-8-16(22)12-19(17)28-4/h8-12,14-15H,5-7,13H2,1-4H3,(H,23,26)/t15-/m0/s1. The zero-order chi connectivity index (χ0) is 20.7. The van der Waals surface area contributed by atoms with E-state index in [0.29, 0.717) is 22.9 Å². The van der Waals surface area contributed by atoms with Gasteiger partial charge in [-0.2, -0.15) is 5.10 Å². The Morgan fingerprint density at radius 2 is 1.96 bits per heavy atom. The van der Waals surface area contributed by atoms with Gasteiger partial charge in [-0.3, -0.25) is 9.59 Å². The van der Waals surface area contributed by atoms with Crippen molar-refractivity contribution in [1.82, 2.24) is 15.1 Å². The maximum atomic E-state index is 13.4. The summed E-state index contributed by atoms with van der Waals surface area (Å²) >= 11 is 0. The third kappa shape index (κ3) is 6.18. The number of amides is 1. The minimum atomic E-state index is -0.431. The van der Waals surface area contributed by atoms with Gasteiger partial charge >= 0.3 is 0 Å². The molecule has 0 radical (unpaired) electrons. The molecule has 0 spiro atoms. The highest BCUT2D eigenvalue weighted by atomic mass is 19.1. The van der Waals surface area contributed by atoms with Crippen LogP contribution in [0.1, 0.15) is 40.0 Å². The smallest absolute Gasteiger partial charge is 0.267 e. The first-order chi connectivity index (χ1) is 13.3. The van der Waals surface area contributed by atoms with Gasteiger partial charge in [0.1, 0.15) is 18.1 Å². The van der Waals surface area contributed by atoms with Crippen molar-refractivity contribution >= 4 is 5.91 Å². The minimum absolute atomic E-state index is 0.0299. The van der Waals surface area contributed by atoms with Gasteiger partial charge in [0.2, 0.25) is 5.91 Å². The summed E-state index contributed by atoms with van der Waals surface area (Å²) in [5.41, 5.74) is 0.585. The molecule has 1 amide bonds. The molecule has 0 aliphatic heterocycles. The summed E-state index contributed by atoms with van der Waals surface area (Å²) in [7, 11) is 1.43. The van der Waals surface area contributed by atoms with Crippen molar-refractivity contribution in [3.8, 4) is 17.0 Å². The van der Waals surface area contributed by atoms with Crippen molar-refractivity contribution in [2.75, 3.05) is 7.11 Å². The van der Waals surface area contributed by atoms with Crippen LogP contribution in [0.15, 0.2) is 35.1 Å². The topological polar surface area (TPSA) is 73.2 Å². The molecule has 6 nitrogen and oxygen atoms in total. The molecule has 0 aliphatic rings. The molecule has 2 aromatic rings. The zero-order valence-electron chi connectivity index (χ0n) is 16.9. The number of hydrogen-bond donors (Lipinski definition) is 1. The summed E-state index contributed by atoms with van der Waals surface area (Å²) in [5.74, 6) is 0.243. The third-order valence-electron chi connectivity index (χ3n) is 4.43. The van der Waals surface area contributed by atoms with Crippen molar-refractivity contribution in [2.24, 2.45) is 5.92 Å². The predicted octanol–water partition coefficient (Wildman–Crippen LogP) is 3.39. The molecule has 1 heterocycles. The molecule has 0 saturated heterocycles. The van der Waals surface area contributed by atoms with Gasteiger partial charge in [-0.15, -0.1) is 0 Å². The van der Waals surface area contributed by atoms with E-state index in [-0.39, 0.29) is 24.1 Å². The summed E-state index contributed by atoms with van der Waals surface area (Å²) in [6, 6.07) is 6.97. The molecular formula is C21H28FN3O3. The van der Waals surface area contributed by atoms with Gasteiger partial charge < -0.3 is 10.1 Å². The van der Waals surface area contributed by atoms with Crippen molar-refractivity contribution in [3.63, 3.8) is 0 Å². The summed E-state index contributed by atoms with van der Waals surface area (Å²) in [6.07, 6.45) is 3.04. The highest BCUT2D eigenvalue weighted by Gasteiger charge is 2.13. The average Bonchev–Trinajstić information content (AvgIpc) is 2.63. The van der Waals surface area contributed by atoms with Crippen LogP contribution in [0.4, 0.5) is 4.39 Å². The van der Waals surface area contributed by atoms with Crippen LogP contribution >= 0.6 is 0 Å². The van der Waals surface area contributed by atoms with Crippen molar-refractivity contribution in [2.45, 2.75) is 52.6 Å². The lowest BCUT2D eigenvalue weighted by atomic mass is 10.0. The number of methoxy groups -OCH3 is 1. The monoisotopic (exact) mass is 389 g/mol.